The summed E-state index contributed by atoms with van der Waals surface area (Å²) in [5.41, 5.74) is 3.83. The van der Waals surface area contributed by atoms with Crippen LogP contribution in [0, 0.1) is 0 Å². The van der Waals surface area contributed by atoms with Gasteiger partial charge in [-0.15, -0.1) is 0 Å². The van der Waals surface area contributed by atoms with Crippen LogP contribution < -0.4 is 11.1 Å². The third-order valence-corrected chi connectivity index (χ3v) is 2.52. The van der Waals surface area contributed by atoms with E-state index in [1.54, 1.807) is 6.92 Å². The summed E-state index contributed by atoms with van der Waals surface area (Å²) in [6.07, 6.45) is 0.838. The van der Waals surface area contributed by atoms with Crippen molar-refractivity contribution in [1.82, 2.24) is 10.2 Å². The summed E-state index contributed by atoms with van der Waals surface area (Å²) in [6, 6.07) is -0.568. The molecule has 0 bridgehead atoms. The molecule has 1 rings (SSSR count). The molecule has 1 aliphatic rings. The number of carboxylic acid groups (broad SMARTS) is 1. The van der Waals surface area contributed by atoms with Crippen molar-refractivity contribution in [3.05, 3.63) is 0 Å². The number of carbonyl (C=O) groups excluding carboxylic acids is 2. The van der Waals surface area contributed by atoms with E-state index in [-0.39, 0.29) is 6.54 Å². The van der Waals surface area contributed by atoms with Gasteiger partial charge in [-0.2, -0.15) is 0 Å². The lowest BCUT2D eigenvalue weighted by Crippen LogP contribution is -2.51. The summed E-state index contributed by atoms with van der Waals surface area (Å²) in [4.78, 5) is 34.3. The van der Waals surface area contributed by atoms with Crippen molar-refractivity contribution in [3.8, 4) is 0 Å². The van der Waals surface area contributed by atoms with E-state index in [1.807, 2.05) is 0 Å². The molecule has 3 amide bonds. The molecule has 1 fully saturated rings. The average Bonchev–Trinajstić information content (AvgIpc) is 2.94. The number of urea groups is 1. The van der Waals surface area contributed by atoms with Crippen LogP contribution in [0.5, 0.6) is 0 Å². The summed E-state index contributed by atoms with van der Waals surface area (Å²) < 4.78 is 0. The molecule has 1 saturated carbocycles. The van der Waals surface area contributed by atoms with Crippen LogP contribution >= 0.6 is 0 Å². The molecular formula is C9H15N3O4. The van der Waals surface area contributed by atoms with Crippen molar-refractivity contribution in [2.45, 2.75) is 25.3 Å². The van der Waals surface area contributed by atoms with Crippen LogP contribution in [0.25, 0.3) is 0 Å². The van der Waals surface area contributed by atoms with Gasteiger partial charge < -0.3 is 21.1 Å². The Kier molecular flexibility index (Phi) is 3.36. The Bertz CT molecular complexity index is 325. The van der Waals surface area contributed by atoms with Gasteiger partial charge in [0.1, 0.15) is 12.1 Å². The number of likely N-dealkylation sites (N-methyl/N-ethyl adjacent to an activating group) is 1. The third kappa shape index (κ3) is 2.62. The Balaban J connectivity index is 2.56. The van der Waals surface area contributed by atoms with E-state index >= 15 is 0 Å². The van der Waals surface area contributed by atoms with E-state index in [4.69, 9.17) is 10.8 Å². The molecule has 0 aromatic rings. The lowest BCUT2D eigenvalue weighted by atomic mass is 10.3. The fourth-order valence-electron chi connectivity index (χ4n) is 1.32. The molecule has 0 radical (unpaired) electrons. The molecule has 0 saturated heterocycles. The molecule has 0 unspecified atom stereocenters. The normalized spacial score (nSPS) is 16.3. The smallest absolute Gasteiger partial charge is 0.329 e. The van der Waals surface area contributed by atoms with Crippen LogP contribution in [0.1, 0.15) is 19.8 Å². The lowest BCUT2D eigenvalue weighted by Gasteiger charge is -2.22. The standard InChI is InChI=1S/C9H15N3O4/c1-2-12(5-6(10)13)8(16)11-9(3-4-9)7(14)15/h2-5H2,1H3,(H2,10,13)(H,11,16)(H,14,15). The monoisotopic (exact) mass is 229 g/mol. The van der Waals surface area contributed by atoms with Crippen molar-refractivity contribution in [1.29, 1.82) is 0 Å². The van der Waals surface area contributed by atoms with Crippen LogP contribution in [0.4, 0.5) is 4.79 Å². The number of carbonyl (C=O) groups is 3. The first-order chi connectivity index (χ1) is 7.41. The molecule has 0 spiro atoms. The van der Waals surface area contributed by atoms with Crippen molar-refractivity contribution < 1.29 is 19.5 Å². The van der Waals surface area contributed by atoms with Crippen molar-refractivity contribution in [3.63, 3.8) is 0 Å². The molecule has 1 aliphatic carbocycles. The van der Waals surface area contributed by atoms with Gasteiger partial charge in [-0.25, -0.2) is 9.59 Å². The SMILES string of the molecule is CCN(CC(N)=O)C(=O)NC1(C(=O)O)CC1. The van der Waals surface area contributed by atoms with E-state index in [2.05, 4.69) is 5.32 Å². The molecule has 0 aliphatic heterocycles. The second kappa shape index (κ2) is 4.38. The summed E-state index contributed by atoms with van der Waals surface area (Å²) in [6.45, 7) is 1.77. The highest BCUT2D eigenvalue weighted by Crippen LogP contribution is 2.35. The van der Waals surface area contributed by atoms with Gasteiger partial charge in [0.05, 0.1) is 0 Å². The van der Waals surface area contributed by atoms with Gasteiger partial charge in [0.15, 0.2) is 0 Å². The summed E-state index contributed by atoms with van der Waals surface area (Å²) in [7, 11) is 0. The number of carboxylic acids is 1. The van der Waals surface area contributed by atoms with Gasteiger partial charge in [0, 0.05) is 6.54 Å². The minimum atomic E-state index is -1.14. The maximum absolute atomic E-state index is 11.6. The molecule has 4 N–H and O–H groups in total. The first kappa shape index (κ1) is 12.3. The average molecular weight is 229 g/mol. The van der Waals surface area contributed by atoms with E-state index < -0.39 is 23.4 Å². The van der Waals surface area contributed by atoms with E-state index in [0.717, 1.165) is 0 Å². The predicted octanol–water partition coefficient (Wildman–Crippen LogP) is -0.880. The largest absolute Gasteiger partial charge is 0.480 e. The van der Waals surface area contributed by atoms with Crippen molar-refractivity contribution in [2.24, 2.45) is 5.73 Å². The Morgan fingerprint density at radius 2 is 2.00 bits per heavy atom. The van der Waals surface area contributed by atoms with E-state index in [1.165, 1.54) is 4.90 Å². The Morgan fingerprint density at radius 1 is 1.44 bits per heavy atom. The van der Waals surface area contributed by atoms with Crippen molar-refractivity contribution in [2.75, 3.05) is 13.1 Å². The Morgan fingerprint density at radius 3 is 2.31 bits per heavy atom. The number of amides is 3. The quantitative estimate of drug-likeness (QED) is 0.568. The maximum Gasteiger partial charge on any atom is 0.329 e. The number of nitrogens with one attached hydrogen (secondary N) is 1. The number of nitrogens with zero attached hydrogens (tertiary/aromatic N) is 1. The minimum Gasteiger partial charge on any atom is -0.480 e. The molecule has 0 aromatic carbocycles. The number of nitrogens with two attached hydrogens (primary N) is 1. The summed E-state index contributed by atoms with van der Waals surface area (Å²) >= 11 is 0. The van der Waals surface area contributed by atoms with E-state index in [9.17, 15) is 14.4 Å². The lowest BCUT2D eigenvalue weighted by molar-refractivity contribution is -0.140. The Labute approximate surface area is 92.6 Å². The van der Waals surface area contributed by atoms with Gasteiger partial charge in [0.25, 0.3) is 0 Å². The van der Waals surface area contributed by atoms with Gasteiger partial charge in [0.2, 0.25) is 5.91 Å². The van der Waals surface area contributed by atoms with Gasteiger partial charge in [-0.3, -0.25) is 4.79 Å². The fourth-order valence-corrected chi connectivity index (χ4v) is 1.32. The van der Waals surface area contributed by atoms with Crippen LogP contribution in [0.15, 0.2) is 0 Å². The molecule has 0 aromatic heterocycles. The third-order valence-electron chi connectivity index (χ3n) is 2.52. The second-order valence-corrected chi connectivity index (χ2v) is 3.80. The minimum absolute atomic E-state index is 0.210. The van der Waals surface area contributed by atoms with Gasteiger partial charge in [-0.1, -0.05) is 0 Å². The zero-order valence-electron chi connectivity index (χ0n) is 9.02. The highest BCUT2D eigenvalue weighted by molar-refractivity contribution is 5.90. The van der Waals surface area contributed by atoms with Crippen LogP contribution in [-0.2, 0) is 9.59 Å². The zero-order valence-corrected chi connectivity index (χ0v) is 9.02. The summed E-state index contributed by atoms with van der Waals surface area (Å²) in [5, 5.41) is 11.3. The first-order valence-electron chi connectivity index (χ1n) is 5.00. The van der Waals surface area contributed by atoms with Crippen LogP contribution in [0.3, 0.4) is 0 Å². The topological polar surface area (TPSA) is 113 Å². The number of hydrogen-bond donors (Lipinski definition) is 3. The Hall–Kier alpha value is -1.79. The maximum atomic E-state index is 11.6. The van der Waals surface area contributed by atoms with E-state index in [0.29, 0.717) is 19.4 Å². The second-order valence-electron chi connectivity index (χ2n) is 3.80. The summed E-state index contributed by atoms with van der Waals surface area (Å²) in [5.74, 6) is -1.67. The molecule has 90 valence electrons. The molecule has 7 heteroatoms. The highest BCUT2D eigenvalue weighted by atomic mass is 16.4. The number of rotatable bonds is 5. The van der Waals surface area contributed by atoms with Gasteiger partial charge in [-0.05, 0) is 19.8 Å². The number of primary amides is 1. The molecule has 16 heavy (non-hydrogen) atoms. The number of hydrogen-bond acceptors (Lipinski definition) is 3. The fraction of sp³-hybridized carbons (Fsp3) is 0.667. The van der Waals surface area contributed by atoms with Crippen molar-refractivity contribution >= 4 is 17.9 Å². The molecular weight excluding hydrogens is 214 g/mol. The molecule has 0 atom stereocenters. The molecule has 0 heterocycles. The predicted molar refractivity (Wildman–Crippen MR) is 54.6 cm³/mol. The van der Waals surface area contributed by atoms with Crippen LogP contribution in [0.2, 0.25) is 0 Å². The van der Waals surface area contributed by atoms with Crippen LogP contribution in [-0.4, -0.2) is 46.5 Å². The highest BCUT2D eigenvalue weighted by Gasteiger charge is 2.52. The first-order valence-corrected chi connectivity index (χ1v) is 5.00. The number of aliphatic carboxylic acids is 1. The van der Waals surface area contributed by atoms with Gasteiger partial charge >= 0.3 is 12.0 Å². The zero-order chi connectivity index (χ0) is 12.3. The molecule has 7 nitrogen and oxygen atoms in total.